The highest BCUT2D eigenvalue weighted by molar-refractivity contribution is 7.90. The molecule has 1 aromatic heterocycles. The number of quaternary nitrogens is 1. The van der Waals surface area contributed by atoms with Gasteiger partial charge >= 0.3 is 0 Å². The van der Waals surface area contributed by atoms with Crippen molar-refractivity contribution in [2.24, 2.45) is 0 Å². The SMILES string of the molecule is Cc1ccc(C2C[N+]2(C)C(=N)c2ccc(CCCOCCS(C)(=O)=O)cc2F)cc1-c1nccc2ccccc12. The summed E-state index contributed by atoms with van der Waals surface area (Å²) < 4.78 is 43.3. The van der Waals surface area contributed by atoms with E-state index in [2.05, 4.69) is 37.3 Å². The molecule has 0 radical (unpaired) electrons. The van der Waals surface area contributed by atoms with E-state index in [4.69, 9.17) is 15.1 Å². The zero-order valence-electron chi connectivity index (χ0n) is 23.2. The highest BCUT2D eigenvalue weighted by Crippen LogP contribution is 2.46. The average molecular weight is 561 g/mol. The third kappa shape index (κ3) is 5.99. The fourth-order valence-electron chi connectivity index (χ4n) is 5.30. The van der Waals surface area contributed by atoms with Crippen LogP contribution >= 0.6 is 0 Å². The van der Waals surface area contributed by atoms with E-state index in [0.29, 0.717) is 29.5 Å². The van der Waals surface area contributed by atoms with Crippen molar-refractivity contribution in [3.63, 3.8) is 0 Å². The molecular weight excluding hydrogens is 525 g/mol. The summed E-state index contributed by atoms with van der Waals surface area (Å²) >= 11 is 0. The van der Waals surface area contributed by atoms with E-state index in [-0.39, 0.29) is 24.2 Å². The van der Waals surface area contributed by atoms with Crippen LogP contribution in [-0.4, -0.2) is 62.5 Å². The summed E-state index contributed by atoms with van der Waals surface area (Å²) in [5.74, 6) is -0.126. The second kappa shape index (κ2) is 11.2. The van der Waals surface area contributed by atoms with Crippen molar-refractivity contribution in [2.75, 3.05) is 38.8 Å². The third-order valence-electron chi connectivity index (χ3n) is 7.83. The molecule has 1 fully saturated rings. The highest BCUT2D eigenvalue weighted by Gasteiger charge is 2.57. The molecular formula is C32H35FN3O3S+. The monoisotopic (exact) mass is 560 g/mol. The lowest BCUT2D eigenvalue weighted by molar-refractivity contribution is -0.695. The van der Waals surface area contributed by atoms with E-state index < -0.39 is 15.7 Å². The Labute approximate surface area is 235 Å². The Morgan fingerprint density at radius 3 is 2.67 bits per heavy atom. The van der Waals surface area contributed by atoms with Crippen LogP contribution in [-0.2, 0) is 21.0 Å². The van der Waals surface area contributed by atoms with Gasteiger partial charge in [-0.05, 0) is 60.5 Å². The van der Waals surface area contributed by atoms with Crippen LogP contribution in [0.1, 0.15) is 34.7 Å². The Bertz CT molecular complexity index is 1680. The fraction of sp³-hybridized carbons (Fsp3) is 0.312. The molecule has 8 heteroatoms. The number of benzene rings is 3. The summed E-state index contributed by atoms with van der Waals surface area (Å²) in [4.78, 5) is 4.71. The smallest absolute Gasteiger partial charge is 0.231 e. The summed E-state index contributed by atoms with van der Waals surface area (Å²) in [6.45, 7) is 3.40. The minimum Gasteiger partial charge on any atom is -0.380 e. The van der Waals surface area contributed by atoms with Gasteiger partial charge in [0.1, 0.15) is 22.2 Å². The van der Waals surface area contributed by atoms with E-state index >= 15 is 4.39 Å². The Balaban J connectivity index is 1.27. The van der Waals surface area contributed by atoms with Gasteiger partial charge in [0.25, 0.3) is 0 Å². The molecule has 208 valence electrons. The molecule has 4 aromatic rings. The second-order valence-corrected chi connectivity index (χ2v) is 13.2. The predicted octanol–water partition coefficient (Wildman–Crippen LogP) is 5.87. The van der Waals surface area contributed by atoms with Gasteiger partial charge in [0.15, 0.2) is 6.04 Å². The minimum absolute atomic E-state index is 0.000399. The molecule has 0 amide bonds. The summed E-state index contributed by atoms with van der Waals surface area (Å²) in [5, 5.41) is 11.2. The molecule has 1 saturated heterocycles. The molecule has 5 rings (SSSR count). The number of aromatic nitrogens is 1. The number of hydrogen-bond acceptors (Lipinski definition) is 5. The van der Waals surface area contributed by atoms with Crippen LogP contribution in [0.4, 0.5) is 4.39 Å². The van der Waals surface area contributed by atoms with Crippen molar-refractivity contribution >= 4 is 26.4 Å². The number of nitrogens with zero attached hydrogens (tertiary/aromatic N) is 2. The fourth-order valence-corrected chi connectivity index (χ4v) is 5.72. The van der Waals surface area contributed by atoms with Gasteiger partial charge in [-0.2, -0.15) is 0 Å². The topological polar surface area (TPSA) is 80.1 Å². The van der Waals surface area contributed by atoms with Crippen molar-refractivity contribution < 1.29 is 22.0 Å². The largest absolute Gasteiger partial charge is 0.380 e. The first-order chi connectivity index (χ1) is 19.1. The van der Waals surface area contributed by atoms with Crippen LogP contribution in [0.5, 0.6) is 0 Å². The Kier molecular flexibility index (Phi) is 7.86. The van der Waals surface area contributed by atoms with E-state index in [1.54, 1.807) is 6.07 Å². The molecule has 6 nitrogen and oxygen atoms in total. The normalized spacial score (nSPS) is 18.6. The highest BCUT2D eigenvalue weighted by atomic mass is 32.2. The number of sulfone groups is 1. The standard InChI is InChI=1S/C32H35FN3O3S/c1-22-10-12-25(20-28(22)31-26-9-5-4-8-24(26)14-15-35-31)30-21-36(30,2)32(34)27-13-11-23(19-29(27)33)7-6-16-39-17-18-40(3,37)38/h4-5,8-15,19-20,30,34H,6-7,16-18,21H2,1-3H3/q+1. The number of pyridine rings is 1. The maximum atomic E-state index is 15.2. The van der Waals surface area contributed by atoms with Crippen LogP contribution in [0.25, 0.3) is 22.0 Å². The van der Waals surface area contributed by atoms with Crippen LogP contribution in [0.15, 0.2) is 72.9 Å². The number of aryl methyl sites for hydroxylation is 2. The first-order valence-corrected chi connectivity index (χ1v) is 15.6. The van der Waals surface area contributed by atoms with Gasteiger partial charge in [0, 0.05) is 35.6 Å². The Morgan fingerprint density at radius 2 is 1.90 bits per heavy atom. The lowest BCUT2D eigenvalue weighted by atomic mass is 9.97. The first-order valence-electron chi connectivity index (χ1n) is 13.5. The quantitative estimate of drug-likeness (QED) is 0.0865. The van der Waals surface area contributed by atoms with Crippen LogP contribution in [0, 0.1) is 18.2 Å². The number of ether oxygens (including phenoxy) is 1. The molecule has 3 aromatic carbocycles. The summed E-state index contributed by atoms with van der Waals surface area (Å²) in [7, 11) is -1.04. The van der Waals surface area contributed by atoms with Crippen molar-refractivity contribution in [1.82, 2.24) is 4.98 Å². The van der Waals surface area contributed by atoms with Gasteiger partial charge in [-0.25, -0.2) is 18.2 Å². The van der Waals surface area contributed by atoms with Gasteiger partial charge in [0.05, 0.1) is 30.7 Å². The molecule has 0 spiro atoms. The van der Waals surface area contributed by atoms with Crippen molar-refractivity contribution in [2.45, 2.75) is 25.8 Å². The number of rotatable bonds is 10. The van der Waals surface area contributed by atoms with Crippen LogP contribution in [0.2, 0.25) is 0 Å². The second-order valence-electron chi connectivity index (χ2n) is 10.9. The molecule has 0 bridgehead atoms. The number of likely N-dealkylation sites (N-methyl/N-ethyl adjacent to an activating group) is 1. The van der Waals surface area contributed by atoms with Crippen molar-refractivity contribution in [1.29, 1.82) is 5.41 Å². The molecule has 1 aliphatic heterocycles. The maximum Gasteiger partial charge on any atom is 0.231 e. The van der Waals surface area contributed by atoms with E-state index in [1.165, 1.54) is 12.3 Å². The van der Waals surface area contributed by atoms with Crippen LogP contribution in [0.3, 0.4) is 0 Å². The molecule has 0 saturated carbocycles. The van der Waals surface area contributed by atoms with Crippen molar-refractivity contribution in [3.8, 4) is 11.3 Å². The predicted molar refractivity (Wildman–Crippen MR) is 158 cm³/mol. The Morgan fingerprint density at radius 1 is 1.10 bits per heavy atom. The maximum absolute atomic E-state index is 15.2. The molecule has 0 aliphatic carbocycles. The van der Waals surface area contributed by atoms with E-state index in [9.17, 15) is 8.42 Å². The number of amidine groups is 1. The number of halogens is 1. The zero-order valence-corrected chi connectivity index (χ0v) is 24.0. The van der Waals surface area contributed by atoms with Gasteiger partial charge in [-0.1, -0.05) is 42.5 Å². The number of hydrogen-bond donors (Lipinski definition) is 1. The molecule has 1 aliphatic rings. The summed E-state index contributed by atoms with van der Waals surface area (Å²) in [5.41, 5.74) is 5.44. The number of fused-ring (bicyclic) bond motifs is 1. The first kappa shape index (κ1) is 28.1. The van der Waals surface area contributed by atoms with Gasteiger partial charge in [-0.15, -0.1) is 0 Å². The van der Waals surface area contributed by atoms with E-state index in [0.717, 1.165) is 45.3 Å². The molecule has 2 heterocycles. The van der Waals surface area contributed by atoms with E-state index in [1.807, 2.05) is 37.5 Å². The summed E-state index contributed by atoms with van der Waals surface area (Å²) in [6.07, 6.45) is 4.31. The van der Waals surface area contributed by atoms with Gasteiger partial charge < -0.3 is 4.74 Å². The molecule has 2 atom stereocenters. The average Bonchev–Trinajstić information content (AvgIpc) is 3.62. The molecule has 2 unspecified atom stereocenters. The third-order valence-corrected chi connectivity index (χ3v) is 8.74. The summed E-state index contributed by atoms with van der Waals surface area (Å²) in [6, 6.07) is 21.8. The van der Waals surface area contributed by atoms with Crippen LogP contribution < -0.4 is 0 Å². The van der Waals surface area contributed by atoms with Crippen molar-refractivity contribution in [3.05, 3.63) is 101 Å². The number of nitrogens with one attached hydrogen (secondary N) is 1. The van der Waals surface area contributed by atoms with Gasteiger partial charge in [-0.3, -0.25) is 9.47 Å². The Hall–Kier alpha value is -3.46. The lowest BCUT2D eigenvalue weighted by Crippen LogP contribution is -2.30. The lowest BCUT2D eigenvalue weighted by Gasteiger charge is -2.17. The molecule has 1 N–H and O–H groups in total. The minimum atomic E-state index is -3.03. The van der Waals surface area contributed by atoms with Gasteiger partial charge in [0.2, 0.25) is 5.84 Å². The zero-order chi connectivity index (χ0) is 28.5. The molecule has 40 heavy (non-hydrogen) atoms.